The van der Waals surface area contributed by atoms with Gasteiger partial charge >= 0.3 is 18.1 Å². The number of carbonyl (C=O) groups is 2. The Morgan fingerprint density at radius 3 is 1.75 bits per heavy atom. The van der Waals surface area contributed by atoms with Gasteiger partial charge in [0.2, 0.25) is 0 Å². The van der Waals surface area contributed by atoms with E-state index in [2.05, 4.69) is 9.80 Å². The molecule has 0 N–H and O–H groups in total. The minimum absolute atomic E-state index is 0.0433. The summed E-state index contributed by atoms with van der Waals surface area (Å²) in [5, 5.41) is 1.18. The lowest BCUT2D eigenvalue weighted by molar-refractivity contribution is -0.156. The summed E-state index contributed by atoms with van der Waals surface area (Å²) < 4.78 is 72.9. The predicted molar refractivity (Wildman–Crippen MR) is 245 cm³/mol. The number of ether oxygens (including phenoxy) is 6. The first kappa shape index (κ1) is 51.6. The van der Waals surface area contributed by atoms with E-state index in [1.807, 2.05) is 84.9 Å². The Morgan fingerprint density at radius 2 is 1.20 bits per heavy atom. The van der Waals surface area contributed by atoms with Crippen LogP contribution in [0.25, 0.3) is 0 Å². The van der Waals surface area contributed by atoms with Crippen molar-refractivity contribution in [3.63, 3.8) is 0 Å². The van der Waals surface area contributed by atoms with Gasteiger partial charge in [-0.1, -0.05) is 59.6 Å². The fourth-order valence-electron chi connectivity index (χ4n) is 7.19. The Hall–Kier alpha value is -4.37. The number of morpholine rings is 2. The van der Waals surface area contributed by atoms with Crippen LogP contribution in [0, 0.1) is 6.92 Å². The van der Waals surface area contributed by atoms with E-state index in [-0.39, 0.29) is 30.8 Å². The number of halogens is 5. The molecule has 6 rings (SSSR count). The van der Waals surface area contributed by atoms with Crippen molar-refractivity contribution >= 4 is 35.1 Å². The molecule has 2 unspecified atom stereocenters. The highest BCUT2D eigenvalue weighted by atomic mass is 35.5. The second kappa shape index (κ2) is 23.4. The van der Waals surface area contributed by atoms with Crippen molar-refractivity contribution in [2.45, 2.75) is 104 Å². The third-order valence-corrected chi connectivity index (χ3v) is 11.1. The third-order valence-electron chi connectivity index (χ3n) is 10.4. The molecule has 2 aliphatic rings. The van der Waals surface area contributed by atoms with Crippen LogP contribution in [-0.2, 0) is 47.9 Å². The van der Waals surface area contributed by atoms with Gasteiger partial charge in [-0.05, 0) is 119 Å². The van der Waals surface area contributed by atoms with E-state index in [1.54, 1.807) is 30.3 Å². The Labute approximate surface area is 391 Å². The van der Waals surface area contributed by atoms with Crippen LogP contribution in [0.5, 0.6) is 11.5 Å². The van der Waals surface area contributed by atoms with Crippen LogP contribution in [-0.4, -0.2) is 85.4 Å². The molecule has 2 fully saturated rings. The summed E-state index contributed by atoms with van der Waals surface area (Å²) in [7, 11) is 0. The van der Waals surface area contributed by atoms with Crippen molar-refractivity contribution in [2.24, 2.45) is 0 Å². The van der Waals surface area contributed by atoms with Crippen LogP contribution in [0.3, 0.4) is 0 Å². The SMILES string of the molecule is CC(C)(C)OC(=O)CCN1CCOC(c2ccc(OCc3cccc(C(F)(F)F)c3)cc2)C1.Cc1cc(OCc2c(Cl)cccc2Cl)ccc1C1CN(CCC(=O)OC(C)(C)C)CCO1. The topological polar surface area (TPSA) is 96.0 Å². The molecule has 65 heavy (non-hydrogen) atoms. The fraction of sp³-hybridized carbons (Fsp3) is 0.480. The summed E-state index contributed by atoms with van der Waals surface area (Å²) in [6, 6.07) is 23.9. The molecule has 0 spiro atoms. The van der Waals surface area contributed by atoms with Gasteiger partial charge in [-0.25, -0.2) is 0 Å². The van der Waals surface area contributed by atoms with Gasteiger partial charge in [0, 0.05) is 54.9 Å². The molecule has 0 saturated carbocycles. The van der Waals surface area contributed by atoms with Crippen molar-refractivity contribution in [2.75, 3.05) is 52.5 Å². The molecular weight excluding hydrogens is 884 g/mol. The molecule has 15 heteroatoms. The second-order valence-electron chi connectivity index (χ2n) is 18.1. The summed E-state index contributed by atoms with van der Waals surface area (Å²) in [6.45, 7) is 19.0. The fourth-order valence-corrected chi connectivity index (χ4v) is 7.70. The molecule has 4 aromatic rings. The number of hydrogen-bond acceptors (Lipinski definition) is 10. The van der Waals surface area contributed by atoms with E-state index in [0.29, 0.717) is 73.7 Å². The minimum Gasteiger partial charge on any atom is -0.489 e. The van der Waals surface area contributed by atoms with Crippen molar-refractivity contribution in [3.8, 4) is 11.5 Å². The minimum atomic E-state index is -4.38. The lowest BCUT2D eigenvalue weighted by atomic mass is 10.0. The number of rotatable bonds is 14. The molecule has 0 aromatic heterocycles. The monoisotopic (exact) mass is 944 g/mol. The van der Waals surface area contributed by atoms with Gasteiger partial charge in [0.05, 0.1) is 43.8 Å². The molecule has 2 atom stereocenters. The molecule has 0 radical (unpaired) electrons. The van der Waals surface area contributed by atoms with Gasteiger partial charge in [0.25, 0.3) is 0 Å². The average Bonchev–Trinajstić information content (AvgIpc) is 3.23. The lowest BCUT2D eigenvalue weighted by Crippen LogP contribution is -2.40. The molecule has 0 aliphatic carbocycles. The Kier molecular flexibility index (Phi) is 18.6. The van der Waals surface area contributed by atoms with Gasteiger partial charge in [-0.15, -0.1) is 0 Å². The van der Waals surface area contributed by atoms with Gasteiger partial charge in [0.15, 0.2) is 0 Å². The number of alkyl halides is 3. The third kappa shape index (κ3) is 17.4. The number of benzene rings is 4. The first-order valence-corrected chi connectivity index (χ1v) is 22.5. The number of hydrogen-bond donors (Lipinski definition) is 0. The maximum Gasteiger partial charge on any atom is 0.416 e. The van der Waals surface area contributed by atoms with Crippen molar-refractivity contribution in [1.82, 2.24) is 9.80 Å². The maximum atomic E-state index is 12.9. The van der Waals surface area contributed by atoms with Crippen molar-refractivity contribution in [3.05, 3.63) is 128 Å². The zero-order chi connectivity index (χ0) is 47.4. The van der Waals surface area contributed by atoms with E-state index in [4.69, 9.17) is 51.6 Å². The first-order valence-electron chi connectivity index (χ1n) is 21.8. The lowest BCUT2D eigenvalue weighted by Gasteiger charge is -2.33. The largest absolute Gasteiger partial charge is 0.489 e. The first-order chi connectivity index (χ1) is 30.6. The molecule has 10 nitrogen and oxygen atoms in total. The van der Waals surface area contributed by atoms with E-state index >= 15 is 0 Å². The number of aryl methyl sites for hydroxylation is 1. The quantitative estimate of drug-likeness (QED) is 0.114. The van der Waals surface area contributed by atoms with Gasteiger partial charge in [0.1, 0.15) is 35.9 Å². The van der Waals surface area contributed by atoms with Crippen LogP contribution >= 0.6 is 23.2 Å². The normalized spacial score (nSPS) is 17.4. The van der Waals surface area contributed by atoms with Gasteiger partial charge in [-0.2, -0.15) is 13.2 Å². The molecule has 2 heterocycles. The van der Waals surface area contributed by atoms with Crippen molar-refractivity contribution < 1.29 is 51.2 Å². The van der Waals surface area contributed by atoms with Gasteiger partial charge in [-0.3, -0.25) is 19.4 Å². The Balaban J connectivity index is 0.000000244. The highest BCUT2D eigenvalue weighted by Crippen LogP contribution is 2.32. The summed E-state index contributed by atoms with van der Waals surface area (Å²) in [5.41, 5.74) is 2.77. The van der Waals surface area contributed by atoms with E-state index < -0.39 is 22.9 Å². The Bertz CT molecular complexity index is 2160. The average molecular weight is 946 g/mol. The van der Waals surface area contributed by atoms with Crippen LogP contribution in [0.1, 0.15) is 100.0 Å². The van der Waals surface area contributed by atoms with Crippen LogP contribution in [0.15, 0.2) is 84.9 Å². The maximum absolute atomic E-state index is 12.9. The predicted octanol–water partition coefficient (Wildman–Crippen LogP) is 11.4. The molecule has 2 aliphatic heterocycles. The standard InChI is InChI=1S/C25H31Cl2NO4.C25H30F3NO4/c1-17-14-18(31-16-20-21(26)6-5-7-22(20)27)8-9-19(17)23-15-28(12-13-30-23)11-10-24(29)32-25(2,3)4;1-24(2,3)33-23(30)11-12-29-13-14-31-22(16-29)19-7-9-21(10-8-19)32-17-18-5-4-6-20(15-18)25(26,27)28/h5-9,14,23H,10-13,15-16H2,1-4H3;4-10,15,22H,11-14,16-17H2,1-3H3. The van der Waals surface area contributed by atoms with Crippen LogP contribution in [0.4, 0.5) is 13.2 Å². The van der Waals surface area contributed by atoms with Crippen LogP contribution < -0.4 is 9.47 Å². The Morgan fingerprint density at radius 1 is 0.677 bits per heavy atom. The summed E-state index contributed by atoms with van der Waals surface area (Å²) in [6.07, 6.45) is -3.85. The molecule has 0 amide bonds. The second-order valence-corrected chi connectivity index (χ2v) is 18.9. The summed E-state index contributed by atoms with van der Waals surface area (Å²) in [4.78, 5) is 28.4. The number of esters is 2. The summed E-state index contributed by atoms with van der Waals surface area (Å²) in [5.74, 6) is 0.929. The highest BCUT2D eigenvalue weighted by molar-refractivity contribution is 6.35. The van der Waals surface area contributed by atoms with E-state index in [9.17, 15) is 22.8 Å². The van der Waals surface area contributed by atoms with Crippen molar-refractivity contribution in [1.29, 1.82) is 0 Å². The molecule has 0 bridgehead atoms. The number of nitrogens with zero attached hydrogens (tertiary/aromatic N) is 2. The smallest absolute Gasteiger partial charge is 0.416 e. The molecular formula is C50H61Cl2F3N2O8. The highest BCUT2D eigenvalue weighted by Gasteiger charge is 2.31. The van der Waals surface area contributed by atoms with Gasteiger partial charge < -0.3 is 28.4 Å². The van der Waals surface area contributed by atoms with E-state index in [0.717, 1.165) is 59.8 Å². The molecule has 4 aromatic carbocycles. The van der Waals surface area contributed by atoms with E-state index in [1.165, 1.54) is 6.07 Å². The zero-order valence-corrected chi connectivity index (χ0v) is 39.8. The number of carbonyl (C=O) groups excluding carboxylic acids is 2. The zero-order valence-electron chi connectivity index (χ0n) is 38.3. The van der Waals surface area contributed by atoms with Crippen LogP contribution in [0.2, 0.25) is 10.0 Å². The molecule has 354 valence electrons. The molecule has 2 saturated heterocycles. The summed E-state index contributed by atoms with van der Waals surface area (Å²) >= 11 is 12.5.